The Balaban J connectivity index is 1.61. The van der Waals surface area contributed by atoms with E-state index in [9.17, 15) is 9.59 Å². The van der Waals surface area contributed by atoms with Gasteiger partial charge in [0.15, 0.2) is 0 Å². The fraction of sp³-hybridized carbons (Fsp3) is 0.269. The highest BCUT2D eigenvalue weighted by atomic mass is 35.5. The van der Waals surface area contributed by atoms with Gasteiger partial charge in [-0.05, 0) is 52.8 Å². The lowest BCUT2D eigenvalue weighted by Gasteiger charge is -2.19. The van der Waals surface area contributed by atoms with E-state index in [1.165, 1.54) is 11.8 Å². The summed E-state index contributed by atoms with van der Waals surface area (Å²) in [7, 11) is 0. The molecule has 5 nitrogen and oxygen atoms in total. The molecule has 1 unspecified atom stereocenters. The smallest absolute Gasteiger partial charge is 0.272 e. The zero-order chi connectivity index (χ0) is 22.8. The number of amides is 2. The Morgan fingerprint density at radius 1 is 1.12 bits per heavy atom. The molecule has 3 aromatic rings. The average Bonchev–Trinajstić information content (AvgIpc) is 3.29. The number of nitrogens with zero attached hydrogens (tertiary/aromatic N) is 2. The summed E-state index contributed by atoms with van der Waals surface area (Å²) in [6.07, 6.45) is 2.24. The van der Waals surface area contributed by atoms with E-state index in [-0.39, 0.29) is 11.8 Å². The van der Waals surface area contributed by atoms with E-state index >= 15 is 0 Å². The van der Waals surface area contributed by atoms with Crippen molar-refractivity contribution in [3.05, 3.63) is 88.2 Å². The molecule has 164 valence electrons. The molecule has 0 radical (unpaired) electrons. The van der Waals surface area contributed by atoms with Crippen molar-refractivity contribution in [2.75, 3.05) is 13.1 Å². The summed E-state index contributed by atoms with van der Waals surface area (Å²) in [4.78, 5) is 31.1. The van der Waals surface area contributed by atoms with Crippen LogP contribution in [0.1, 0.15) is 64.1 Å². The van der Waals surface area contributed by atoms with Crippen LogP contribution >= 0.6 is 11.6 Å². The average molecular weight is 448 g/mol. The molecule has 1 fully saturated rings. The minimum atomic E-state index is -0.451. The van der Waals surface area contributed by atoms with Crippen LogP contribution in [-0.4, -0.2) is 34.8 Å². The van der Waals surface area contributed by atoms with E-state index in [0.29, 0.717) is 35.3 Å². The van der Waals surface area contributed by atoms with E-state index in [1.54, 1.807) is 17.0 Å². The molecule has 1 aliphatic heterocycles. The molecule has 1 saturated heterocycles. The van der Waals surface area contributed by atoms with Crippen LogP contribution in [0.5, 0.6) is 0 Å². The first-order valence-corrected chi connectivity index (χ1v) is 11.2. The molecule has 2 aromatic carbocycles. The lowest BCUT2D eigenvalue weighted by molar-refractivity contribution is 0.0785. The first-order valence-electron chi connectivity index (χ1n) is 10.8. The van der Waals surface area contributed by atoms with Gasteiger partial charge in [0, 0.05) is 30.8 Å². The topological polar surface area (TPSA) is 76.3 Å². The number of hydrogen-bond donors (Lipinski definition) is 1. The van der Waals surface area contributed by atoms with Crippen molar-refractivity contribution in [1.29, 1.82) is 0 Å². The highest BCUT2D eigenvalue weighted by Gasteiger charge is 2.30. The number of halogens is 1. The maximum atomic E-state index is 12.8. The summed E-state index contributed by atoms with van der Waals surface area (Å²) >= 11 is 5.88. The summed E-state index contributed by atoms with van der Waals surface area (Å²) in [5.41, 5.74) is 10.9. The van der Waals surface area contributed by atoms with Gasteiger partial charge in [-0.1, -0.05) is 61.8 Å². The standard InChI is InChI=1S/C26H26ClN3O2/c1-16(2)20-5-3-4-6-21(20)17-7-9-22(23(13-17)25(28)31)18-11-12-30(15-18)26(32)24-10-8-19(27)14-29-24/h3-10,13-14,16,18H,11-12,15H2,1-2H3,(H2,28,31). The maximum absolute atomic E-state index is 12.8. The number of carbonyl (C=O) groups is 2. The molecule has 1 aliphatic rings. The van der Waals surface area contributed by atoms with E-state index in [4.69, 9.17) is 17.3 Å². The van der Waals surface area contributed by atoms with Gasteiger partial charge in [0.2, 0.25) is 5.91 Å². The fourth-order valence-electron chi connectivity index (χ4n) is 4.42. The SMILES string of the molecule is CC(C)c1ccccc1-c1ccc(C2CCN(C(=O)c3ccc(Cl)cn3)C2)c(C(N)=O)c1. The fourth-order valence-corrected chi connectivity index (χ4v) is 4.53. The first-order chi connectivity index (χ1) is 15.3. The molecule has 0 saturated carbocycles. The Hall–Kier alpha value is -3.18. The molecule has 1 aromatic heterocycles. The van der Waals surface area contributed by atoms with Crippen molar-refractivity contribution < 1.29 is 9.59 Å². The molecule has 2 heterocycles. The van der Waals surface area contributed by atoms with Crippen LogP contribution in [0, 0.1) is 0 Å². The van der Waals surface area contributed by atoms with Crippen LogP contribution in [0.2, 0.25) is 5.02 Å². The van der Waals surface area contributed by atoms with Gasteiger partial charge in [0.05, 0.1) is 5.02 Å². The Labute approximate surface area is 193 Å². The number of primary amides is 1. The Morgan fingerprint density at radius 2 is 1.91 bits per heavy atom. The Kier molecular flexibility index (Phi) is 6.28. The van der Waals surface area contributed by atoms with E-state index in [0.717, 1.165) is 23.1 Å². The first kappa shape index (κ1) is 22.0. The molecular formula is C26H26ClN3O2. The van der Waals surface area contributed by atoms with Crippen LogP contribution < -0.4 is 5.73 Å². The number of hydrogen-bond acceptors (Lipinski definition) is 3. The number of carbonyl (C=O) groups excluding carboxylic acids is 2. The van der Waals surface area contributed by atoms with Crippen molar-refractivity contribution in [3.63, 3.8) is 0 Å². The highest BCUT2D eigenvalue weighted by Crippen LogP contribution is 2.35. The van der Waals surface area contributed by atoms with Crippen LogP contribution in [0.15, 0.2) is 60.8 Å². The van der Waals surface area contributed by atoms with Gasteiger partial charge in [0.1, 0.15) is 5.69 Å². The zero-order valence-electron chi connectivity index (χ0n) is 18.2. The lowest BCUT2D eigenvalue weighted by atomic mass is 9.87. The Morgan fingerprint density at radius 3 is 2.59 bits per heavy atom. The number of nitrogens with two attached hydrogens (primary N) is 1. The van der Waals surface area contributed by atoms with Gasteiger partial charge in [-0.3, -0.25) is 9.59 Å². The summed E-state index contributed by atoms with van der Waals surface area (Å²) < 4.78 is 0. The van der Waals surface area contributed by atoms with Crippen molar-refractivity contribution >= 4 is 23.4 Å². The summed E-state index contributed by atoms with van der Waals surface area (Å²) in [6.45, 7) is 5.43. The normalized spacial score (nSPS) is 15.9. The number of pyridine rings is 1. The number of benzene rings is 2. The van der Waals surface area contributed by atoms with Gasteiger partial charge in [-0.15, -0.1) is 0 Å². The predicted octanol–water partition coefficient (Wildman–Crippen LogP) is 5.25. The molecular weight excluding hydrogens is 422 g/mol. The zero-order valence-corrected chi connectivity index (χ0v) is 19.0. The van der Waals surface area contributed by atoms with Gasteiger partial charge in [-0.2, -0.15) is 0 Å². The molecule has 0 spiro atoms. The molecule has 0 bridgehead atoms. The van der Waals surface area contributed by atoms with Crippen LogP contribution in [0.4, 0.5) is 0 Å². The third-order valence-corrected chi connectivity index (χ3v) is 6.30. The molecule has 2 amide bonds. The largest absolute Gasteiger partial charge is 0.366 e. The minimum absolute atomic E-state index is 0.0446. The van der Waals surface area contributed by atoms with Gasteiger partial charge >= 0.3 is 0 Å². The molecule has 1 atom stereocenters. The van der Waals surface area contributed by atoms with E-state index < -0.39 is 5.91 Å². The lowest BCUT2D eigenvalue weighted by Crippen LogP contribution is -2.29. The summed E-state index contributed by atoms with van der Waals surface area (Å²) in [5.74, 6) is -0.178. The molecule has 0 aliphatic carbocycles. The molecule has 6 heteroatoms. The second kappa shape index (κ2) is 9.13. The number of likely N-dealkylation sites (tertiary alicyclic amines) is 1. The van der Waals surface area contributed by atoms with Crippen molar-refractivity contribution in [3.8, 4) is 11.1 Å². The quantitative estimate of drug-likeness (QED) is 0.580. The monoisotopic (exact) mass is 447 g/mol. The van der Waals surface area contributed by atoms with Gasteiger partial charge in [-0.25, -0.2) is 4.98 Å². The van der Waals surface area contributed by atoms with Crippen LogP contribution in [0.25, 0.3) is 11.1 Å². The predicted molar refractivity (Wildman–Crippen MR) is 127 cm³/mol. The molecule has 32 heavy (non-hydrogen) atoms. The maximum Gasteiger partial charge on any atom is 0.272 e. The number of rotatable bonds is 5. The van der Waals surface area contributed by atoms with Gasteiger partial charge in [0.25, 0.3) is 5.91 Å². The number of aromatic nitrogens is 1. The van der Waals surface area contributed by atoms with Crippen molar-refractivity contribution in [2.24, 2.45) is 5.73 Å². The van der Waals surface area contributed by atoms with E-state index in [1.807, 2.05) is 30.3 Å². The third-order valence-electron chi connectivity index (χ3n) is 6.07. The second-order valence-electron chi connectivity index (χ2n) is 8.51. The molecule has 2 N–H and O–H groups in total. The van der Waals surface area contributed by atoms with Crippen LogP contribution in [-0.2, 0) is 0 Å². The van der Waals surface area contributed by atoms with Crippen molar-refractivity contribution in [1.82, 2.24) is 9.88 Å². The summed E-state index contributed by atoms with van der Waals surface area (Å²) in [6, 6.07) is 17.4. The Bertz CT molecular complexity index is 1160. The third kappa shape index (κ3) is 4.39. The summed E-state index contributed by atoms with van der Waals surface area (Å²) in [5, 5.41) is 0.492. The highest BCUT2D eigenvalue weighted by molar-refractivity contribution is 6.30. The minimum Gasteiger partial charge on any atom is -0.366 e. The van der Waals surface area contributed by atoms with Gasteiger partial charge < -0.3 is 10.6 Å². The second-order valence-corrected chi connectivity index (χ2v) is 8.94. The van der Waals surface area contributed by atoms with Crippen molar-refractivity contribution in [2.45, 2.75) is 32.1 Å². The van der Waals surface area contributed by atoms with E-state index in [2.05, 4.69) is 31.0 Å². The van der Waals surface area contributed by atoms with Crippen LogP contribution in [0.3, 0.4) is 0 Å². The molecule has 4 rings (SSSR count).